The van der Waals surface area contributed by atoms with Crippen LogP contribution in [0.4, 0.5) is 4.39 Å². The predicted octanol–water partition coefficient (Wildman–Crippen LogP) is 3.55. The largest absolute Gasteiger partial charge is 0.353 e. The molecule has 1 aliphatic rings. The molecular weight excluding hydrogens is 313 g/mol. The zero-order valence-electron chi connectivity index (χ0n) is 11.3. The Morgan fingerprint density at radius 1 is 1.52 bits per heavy atom. The Labute approximate surface area is 131 Å². The average molecular weight is 328 g/mol. The summed E-state index contributed by atoms with van der Waals surface area (Å²) in [5.41, 5.74) is 1.37. The second-order valence-electron chi connectivity index (χ2n) is 5.31. The fourth-order valence-electron chi connectivity index (χ4n) is 2.30. The first-order valence-corrected chi connectivity index (χ1v) is 7.70. The van der Waals surface area contributed by atoms with Crippen LogP contribution in [0.15, 0.2) is 12.1 Å². The zero-order chi connectivity index (χ0) is 15.0. The number of benzene rings is 1. The van der Waals surface area contributed by atoms with Gasteiger partial charge in [-0.3, -0.25) is 4.79 Å². The Kier molecular flexibility index (Phi) is 3.99. The maximum atomic E-state index is 13.4. The third-order valence-corrected chi connectivity index (χ3v) is 4.16. The Morgan fingerprint density at radius 3 is 3.00 bits per heavy atom. The minimum atomic E-state index is -0.476. The minimum absolute atomic E-state index is 0.0664. The number of hydrogen-bond donors (Lipinski definition) is 2. The molecule has 7 heteroatoms. The molecule has 0 spiro atoms. The number of rotatable bonds is 5. The first-order chi connectivity index (χ1) is 10.0. The van der Waals surface area contributed by atoms with E-state index in [0.717, 1.165) is 18.4 Å². The highest BCUT2D eigenvalue weighted by Gasteiger charge is 2.22. The van der Waals surface area contributed by atoms with E-state index in [4.69, 9.17) is 23.8 Å². The van der Waals surface area contributed by atoms with Crippen molar-refractivity contribution in [2.75, 3.05) is 0 Å². The lowest BCUT2D eigenvalue weighted by Gasteiger charge is -2.06. The van der Waals surface area contributed by atoms with Gasteiger partial charge in [0.25, 0.3) is 0 Å². The number of carbonyl (C=O) groups is 1. The van der Waals surface area contributed by atoms with Gasteiger partial charge in [-0.1, -0.05) is 11.6 Å². The van der Waals surface area contributed by atoms with Crippen molar-refractivity contribution in [3.8, 4) is 0 Å². The SMILES string of the molecule is O=C(CCCn1c(=S)[nH]c2cc(F)c(Cl)cc21)NC1CC1. The number of H-pyrrole nitrogens is 1. The number of nitrogens with zero attached hydrogens (tertiary/aromatic N) is 1. The summed E-state index contributed by atoms with van der Waals surface area (Å²) in [6.45, 7) is 0.596. The molecule has 1 aliphatic carbocycles. The summed E-state index contributed by atoms with van der Waals surface area (Å²) in [6, 6.07) is 3.28. The lowest BCUT2D eigenvalue weighted by atomic mass is 10.2. The van der Waals surface area contributed by atoms with E-state index in [2.05, 4.69) is 10.3 Å². The molecule has 2 aromatic rings. The van der Waals surface area contributed by atoms with Gasteiger partial charge in [-0.05, 0) is 37.5 Å². The number of nitrogens with one attached hydrogen (secondary N) is 2. The summed E-state index contributed by atoms with van der Waals surface area (Å²) in [5.74, 6) is -0.399. The maximum Gasteiger partial charge on any atom is 0.220 e. The lowest BCUT2D eigenvalue weighted by molar-refractivity contribution is -0.121. The van der Waals surface area contributed by atoms with Crippen LogP contribution in [0.5, 0.6) is 0 Å². The molecular formula is C14H15ClFN3OS. The second kappa shape index (κ2) is 5.77. The Bertz CT molecular complexity index is 750. The molecule has 0 bridgehead atoms. The van der Waals surface area contributed by atoms with Crippen molar-refractivity contribution >= 4 is 40.8 Å². The topological polar surface area (TPSA) is 49.8 Å². The lowest BCUT2D eigenvalue weighted by Crippen LogP contribution is -2.25. The van der Waals surface area contributed by atoms with E-state index in [1.807, 2.05) is 4.57 Å². The quantitative estimate of drug-likeness (QED) is 0.825. The summed E-state index contributed by atoms with van der Waals surface area (Å²) < 4.78 is 15.8. The fourth-order valence-corrected chi connectivity index (χ4v) is 2.76. The molecule has 2 N–H and O–H groups in total. The summed E-state index contributed by atoms with van der Waals surface area (Å²) >= 11 is 11.1. The smallest absolute Gasteiger partial charge is 0.220 e. The Morgan fingerprint density at radius 2 is 2.29 bits per heavy atom. The van der Waals surface area contributed by atoms with E-state index in [1.165, 1.54) is 6.07 Å². The van der Waals surface area contributed by atoms with Gasteiger partial charge in [0.05, 0.1) is 16.1 Å². The summed E-state index contributed by atoms with van der Waals surface area (Å²) in [6.07, 6.45) is 3.31. The van der Waals surface area contributed by atoms with Crippen LogP contribution in [0.3, 0.4) is 0 Å². The van der Waals surface area contributed by atoms with E-state index in [0.29, 0.717) is 35.7 Å². The predicted molar refractivity (Wildman–Crippen MR) is 82.5 cm³/mol. The number of aromatic nitrogens is 2. The first kappa shape index (κ1) is 14.5. The van der Waals surface area contributed by atoms with Gasteiger partial charge >= 0.3 is 0 Å². The molecule has 1 amide bonds. The number of fused-ring (bicyclic) bond motifs is 1. The van der Waals surface area contributed by atoms with E-state index >= 15 is 0 Å². The van der Waals surface area contributed by atoms with Gasteiger partial charge in [0.15, 0.2) is 4.77 Å². The van der Waals surface area contributed by atoms with Crippen LogP contribution in [0, 0.1) is 10.6 Å². The third-order valence-electron chi connectivity index (χ3n) is 3.54. The first-order valence-electron chi connectivity index (χ1n) is 6.91. The van der Waals surface area contributed by atoms with Crippen LogP contribution < -0.4 is 5.32 Å². The van der Waals surface area contributed by atoms with Crippen molar-refractivity contribution in [1.29, 1.82) is 0 Å². The van der Waals surface area contributed by atoms with Gasteiger partial charge in [-0.2, -0.15) is 0 Å². The van der Waals surface area contributed by atoms with Crippen molar-refractivity contribution in [2.24, 2.45) is 0 Å². The van der Waals surface area contributed by atoms with Crippen LogP contribution in [-0.2, 0) is 11.3 Å². The summed E-state index contributed by atoms with van der Waals surface area (Å²) in [5, 5.41) is 3.02. The Balaban J connectivity index is 1.71. The van der Waals surface area contributed by atoms with Crippen molar-refractivity contribution < 1.29 is 9.18 Å². The molecule has 0 atom stereocenters. The Hall–Kier alpha value is -1.40. The molecule has 0 aliphatic heterocycles. The van der Waals surface area contributed by atoms with Gasteiger partial charge in [-0.15, -0.1) is 0 Å². The molecule has 0 unspecified atom stereocenters. The molecule has 1 heterocycles. The minimum Gasteiger partial charge on any atom is -0.353 e. The molecule has 0 radical (unpaired) electrons. The van der Waals surface area contributed by atoms with Gasteiger partial charge in [0.1, 0.15) is 5.82 Å². The molecule has 1 saturated carbocycles. The summed E-state index contributed by atoms with van der Waals surface area (Å²) in [4.78, 5) is 14.6. The zero-order valence-corrected chi connectivity index (χ0v) is 12.9. The van der Waals surface area contributed by atoms with Gasteiger partial charge in [0.2, 0.25) is 5.91 Å². The van der Waals surface area contributed by atoms with Crippen molar-refractivity contribution in [3.05, 3.63) is 27.7 Å². The van der Waals surface area contributed by atoms with E-state index < -0.39 is 5.82 Å². The number of aryl methyl sites for hydroxylation is 1. The molecule has 112 valence electrons. The highest BCUT2D eigenvalue weighted by atomic mass is 35.5. The maximum absolute atomic E-state index is 13.4. The molecule has 0 saturated heterocycles. The van der Waals surface area contributed by atoms with Crippen LogP contribution >= 0.6 is 23.8 Å². The van der Waals surface area contributed by atoms with Crippen molar-refractivity contribution in [3.63, 3.8) is 0 Å². The van der Waals surface area contributed by atoms with Crippen LogP contribution in [0.25, 0.3) is 11.0 Å². The number of carbonyl (C=O) groups excluding carboxylic acids is 1. The van der Waals surface area contributed by atoms with Crippen LogP contribution in [-0.4, -0.2) is 21.5 Å². The van der Waals surface area contributed by atoms with Crippen molar-refractivity contribution in [2.45, 2.75) is 38.3 Å². The van der Waals surface area contributed by atoms with Gasteiger partial charge in [-0.25, -0.2) is 4.39 Å². The van der Waals surface area contributed by atoms with Crippen molar-refractivity contribution in [1.82, 2.24) is 14.9 Å². The molecule has 3 rings (SSSR count). The monoisotopic (exact) mass is 327 g/mol. The van der Waals surface area contributed by atoms with Crippen LogP contribution in [0.1, 0.15) is 25.7 Å². The van der Waals surface area contributed by atoms with Crippen LogP contribution in [0.2, 0.25) is 5.02 Å². The highest BCUT2D eigenvalue weighted by Crippen LogP contribution is 2.23. The highest BCUT2D eigenvalue weighted by molar-refractivity contribution is 7.71. The molecule has 4 nitrogen and oxygen atoms in total. The van der Waals surface area contributed by atoms with E-state index in [-0.39, 0.29) is 10.9 Å². The molecule has 1 aromatic carbocycles. The third kappa shape index (κ3) is 3.27. The standard InChI is InChI=1S/C14H15ClFN3OS/c15-9-6-12-11(7-10(9)16)18-14(21)19(12)5-1-2-13(20)17-8-3-4-8/h6-8H,1-5H2,(H,17,20)(H,18,21). The van der Waals surface area contributed by atoms with E-state index in [1.54, 1.807) is 6.07 Å². The average Bonchev–Trinajstić information content (AvgIpc) is 3.18. The number of aromatic amines is 1. The normalized spacial score (nSPS) is 14.6. The number of halogens is 2. The number of imidazole rings is 1. The molecule has 21 heavy (non-hydrogen) atoms. The number of amides is 1. The fraction of sp³-hybridized carbons (Fsp3) is 0.429. The molecule has 1 fully saturated rings. The van der Waals surface area contributed by atoms with E-state index in [9.17, 15) is 9.18 Å². The second-order valence-corrected chi connectivity index (χ2v) is 6.10. The van der Waals surface area contributed by atoms with Gasteiger partial charge < -0.3 is 14.9 Å². The molecule has 1 aromatic heterocycles. The number of hydrogen-bond acceptors (Lipinski definition) is 2. The van der Waals surface area contributed by atoms with Gasteiger partial charge in [0, 0.05) is 25.1 Å². The summed E-state index contributed by atoms with van der Waals surface area (Å²) in [7, 11) is 0.